The van der Waals surface area contributed by atoms with Crippen molar-refractivity contribution < 1.29 is 80.2 Å². The molecule has 0 aromatic heterocycles. The van der Waals surface area contributed by atoms with Crippen molar-refractivity contribution in [1.82, 2.24) is 0 Å². The maximum absolute atomic E-state index is 13.1. The van der Waals surface area contributed by atoms with Crippen molar-refractivity contribution in [1.29, 1.82) is 0 Å². The predicted octanol–water partition coefficient (Wildman–Crippen LogP) is 23.9. The van der Waals surface area contributed by atoms with Gasteiger partial charge < -0.3 is 33.8 Å². The smallest absolute Gasteiger partial charge is 0.462 e. The second kappa shape index (κ2) is 76.6. The molecule has 0 aliphatic heterocycles. The third-order valence-electron chi connectivity index (χ3n) is 16.9. The molecule has 598 valence electrons. The molecule has 0 heterocycles. The Bertz CT molecular complexity index is 2440. The number of ether oxygens (including phenoxy) is 4. The van der Waals surface area contributed by atoms with E-state index < -0.39 is 97.5 Å². The summed E-state index contributed by atoms with van der Waals surface area (Å²) in [6.07, 6.45) is 84.6. The lowest BCUT2D eigenvalue weighted by Crippen LogP contribution is -2.30. The summed E-state index contributed by atoms with van der Waals surface area (Å²) in [5.41, 5.74) is 0. The number of hydrogen-bond acceptors (Lipinski definition) is 15. The van der Waals surface area contributed by atoms with Gasteiger partial charge in [-0.25, -0.2) is 9.13 Å². The van der Waals surface area contributed by atoms with Gasteiger partial charge in [-0.1, -0.05) is 284 Å². The first-order chi connectivity index (χ1) is 50.7. The van der Waals surface area contributed by atoms with E-state index in [-0.39, 0.29) is 25.7 Å². The van der Waals surface area contributed by atoms with Gasteiger partial charge in [-0.3, -0.25) is 37.3 Å². The van der Waals surface area contributed by atoms with Crippen molar-refractivity contribution >= 4 is 39.5 Å². The van der Waals surface area contributed by atoms with Crippen LogP contribution in [0.15, 0.2) is 122 Å². The maximum Gasteiger partial charge on any atom is 0.472 e. The molecule has 0 aromatic rings. The number of allylic oxidation sites excluding steroid dienone is 20. The summed E-state index contributed by atoms with van der Waals surface area (Å²) in [6.45, 7) is 4.58. The molecular formula is C85H146O17P2. The summed E-state index contributed by atoms with van der Waals surface area (Å²) in [7, 11) is -9.97. The Kier molecular flexibility index (Phi) is 73.3. The van der Waals surface area contributed by atoms with Gasteiger partial charge >= 0.3 is 39.5 Å². The monoisotopic (exact) mass is 1500 g/mol. The van der Waals surface area contributed by atoms with Gasteiger partial charge in [-0.15, -0.1) is 0 Å². The molecule has 0 aromatic carbocycles. The highest BCUT2D eigenvalue weighted by Crippen LogP contribution is 2.45. The molecule has 0 spiro atoms. The van der Waals surface area contributed by atoms with Crippen LogP contribution in [-0.4, -0.2) is 96.7 Å². The molecule has 0 bridgehead atoms. The van der Waals surface area contributed by atoms with Crippen molar-refractivity contribution in [3.63, 3.8) is 0 Å². The van der Waals surface area contributed by atoms with Gasteiger partial charge in [0.2, 0.25) is 0 Å². The first kappa shape index (κ1) is 99.5. The normalized spacial score (nSPS) is 14.5. The van der Waals surface area contributed by atoms with E-state index in [9.17, 15) is 43.2 Å². The van der Waals surface area contributed by atoms with Crippen molar-refractivity contribution in [2.24, 2.45) is 0 Å². The van der Waals surface area contributed by atoms with E-state index in [0.29, 0.717) is 25.7 Å². The van der Waals surface area contributed by atoms with Gasteiger partial charge in [0.1, 0.15) is 19.3 Å². The van der Waals surface area contributed by atoms with Crippen LogP contribution in [-0.2, 0) is 65.4 Å². The number of phosphoric ester groups is 2. The molecule has 0 saturated carbocycles. The minimum Gasteiger partial charge on any atom is -0.462 e. The van der Waals surface area contributed by atoms with Gasteiger partial charge in [-0.05, 0) is 148 Å². The lowest BCUT2D eigenvalue weighted by molar-refractivity contribution is -0.161. The Balaban J connectivity index is 5.33. The fourth-order valence-corrected chi connectivity index (χ4v) is 12.3. The second-order valence-electron chi connectivity index (χ2n) is 26.9. The van der Waals surface area contributed by atoms with Crippen LogP contribution in [0.5, 0.6) is 0 Å². The Labute approximate surface area is 632 Å². The van der Waals surface area contributed by atoms with Crippen LogP contribution < -0.4 is 0 Å². The van der Waals surface area contributed by atoms with E-state index in [1.54, 1.807) is 0 Å². The largest absolute Gasteiger partial charge is 0.472 e. The third-order valence-corrected chi connectivity index (χ3v) is 18.8. The first-order valence-corrected chi connectivity index (χ1v) is 43.8. The molecule has 0 radical (unpaired) electrons. The average molecular weight is 1500 g/mol. The lowest BCUT2D eigenvalue weighted by Gasteiger charge is -2.21. The number of unbranched alkanes of at least 4 members (excludes halogenated alkanes) is 30. The minimum absolute atomic E-state index is 0.0794. The summed E-state index contributed by atoms with van der Waals surface area (Å²) < 4.78 is 68.6. The third kappa shape index (κ3) is 75.7. The summed E-state index contributed by atoms with van der Waals surface area (Å²) in [4.78, 5) is 73.0. The molecule has 5 atom stereocenters. The van der Waals surface area contributed by atoms with Crippen LogP contribution in [0, 0.1) is 0 Å². The number of aliphatic hydroxyl groups excluding tert-OH is 1. The summed E-state index contributed by atoms with van der Waals surface area (Å²) in [5.74, 6) is -2.21. The van der Waals surface area contributed by atoms with Crippen LogP contribution in [0.25, 0.3) is 0 Å². The first-order valence-electron chi connectivity index (χ1n) is 40.8. The highest BCUT2D eigenvalue weighted by atomic mass is 31.2. The van der Waals surface area contributed by atoms with Crippen molar-refractivity contribution in [2.45, 2.75) is 354 Å². The summed E-state index contributed by atoms with van der Waals surface area (Å²) in [6, 6.07) is 0. The van der Waals surface area contributed by atoms with Crippen LogP contribution in [0.3, 0.4) is 0 Å². The fourth-order valence-electron chi connectivity index (χ4n) is 10.7. The molecule has 104 heavy (non-hydrogen) atoms. The standard InChI is InChI=1S/C85H146O17P2/c1-5-9-13-17-21-25-29-32-35-37-39-41-44-46-50-53-57-61-65-69-82(87)95-75-80(101-84(89)71-67-63-59-55-49-28-24-20-16-12-8-4)77-99-103(91,92)97-73-79(86)74-98-104(93,94)100-78-81(102-85(90)72-68-64-60-56-52-48-43-34-31-27-23-19-15-11-7-3)76-96-83(88)70-66-62-58-54-51-47-45-42-40-38-36-33-30-26-22-18-14-10-6-2/h9-10,13-14,20-22,24-26,32-36,39-43,79-81,86H,5-8,11-12,15-19,23,27-31,37-38,44-78H2,1-4H3,(H,91,92)(H,93,94)/b13-9-,14-10-,24-20-,25-21-,26-22-,35-32-,36-33-,41-39-,42-40-,43-34-. The molecule has 3 N–H and O–H groups in total. The van der Waals surface area contributed by atoms with Crippen molar-refractivity contribution in [3.8, 4) is 0 Å². The number of rotatable bonds is 76. The average Bonchev–Trinajstić information content (AvgIpc) is 0.931. The molecule has 17 nitrogen and oxygen atoms in total. The molecule has 0 fully saturated rings. The number of hydrogen-bond donors (Lipinski definition) is 3. The Morgan fingerprint density at radius 2 is 0.510 bits per heavy atom. The molecule has 0 rings (SSSR count). The van der Waals surface area contributed by atoms with E-state index in [2.05, 4.69) is 149 Å². The van der Waals surface area contributed by atoms with Crippen molar-refractivity contribution in [2.75, 3.05) is 39.6 Å². The van der Waals surface area contributed by atoms with Crippen LogP contribution in [0.1, 0.15) is 336 Å². The van der Waals surface area contributed by atoms with Crippen LogP contribution in [0.4, 0.5) is 0 Å². The number of esters is 4. The molecule has 19 heteroatoms. The molecule has 0 aliphatic rings. The number of phosphoric acid groups is 2. The zero-order chi connectivity index (χ0) is 76.0. The Morgan fingerprint density at radius 1 is 0.279 bits per heavy atom. The Morgan fingerprint density at radius 3 is 0.808 bits per heavy atom. The SMILES string of the molecule is CC/C=C\C/C=C\C/C=C\C/C=C\CCCCCCCCC(=O)OCC(COP(=O)(O)OCC(O)COP(=O)(O)OCC(COC(=O)CCCCCCCC/C=C\C/C=C\C/C=C\C/C=C\CC)OC(=O)CCCCCCC/C=C\CCCCCCCC)OC(=O)CCCCCCC/C=C\CCCC. The predicted molar refractivity (Wildman–Crippen MR) is 427 cm³/mol. The van der Waals surface area contributed by atoms with Gasteiger partial charge in [0.15, 0.2) is 12.2 Å². The molecule has 0 saturated heterocycles. The molecule has 0 aliphatic carbocycles. The quantitative estimate of drug-likeness (QED) is 0.0169. The number of carbonyl (C=O) groups is 4. The van der Waals surface area contributed by atoms with Crippen molar-refractivity contribution in [3.05, 3.63) is 122 Å². The summed E-state index contributed by atoms with van der Waals surface area (Å²) in [5, 5.41) is 10.6. The molecule has 0 amide bonds. The molecular weight excluding hydrogens is 1350 g/mol. The zero-order valence-corrected chi connectivity index (χ0v) is 67.2. The highest BCUT2D eigenvalue weighted by molar-refractivity contribution is 7.47. The zero-order valence-electron chi connectivity index (χ0n) is 65.4. The van der Waals surface area contributed by atoms with Crippen LogP contribution >= 0.6 is 15.6 Å². The second-order valence-corrected chi connectivity index (χ2v) is 29.8. The summed E-state index contributed by atoms with van der Waals surface area (Å²) >= 11 is 0. The fraction of sp³-hybridized carbons (Fsp3) is 0.718. The maximum atomic E-state index is 13.1. The van der Waals surface area contributed by atoms with E-state index in [1.807, 2.05) is 0 Å². The van der Waals surface area contributed by atoms with E-state index in [4.69, 9.17) is 37.0 Å². The van der Waals surface area contributed by atoms with Crippen LogP contribution in [0.2, 0.25) is 0 Å². The van der Waals surface area contributed by atoms with E-state index >= 15 is 0 Å². The highest BCUT2D eigenvalue weighted by Gasteiger charge is 2.30. The van der Waals surface area contributed by atoms with E-state index in [1.165, 1.54) is 51.4 Å². The number of carbonyl (C=O) groups excluding carboxylic acids is 4. The van der Waals surface area contributed by atoms with Gasteiger partial charge in [0.25, 0.3) is 0 Å². The van der Waals surface area contributed by atoms with Gasteiger partial charge in [0, 0.05) is 25.7 Å². The van der Waals surface area contributed by atoms with Gasteiger partial charge in [-0.2, -0.15) is 0 Å². The number of aliphatic hydroxyl groups is 1. The molecule has 5 unspecified atom stereocenters. The lowest BCUT2D eigenvalue weighted by atomic mass is 10.1. The topological polar surface area (TPSA) is 237 Å². The minimum atomic E-state index is -4.98. The van der Waals surface area contributed by atoms with Gasteiger partial charge in [0.05, 0.1) is 26.4 Å². The van der Waals surface area contributed by atoms with E-state index in [0.717, 1.165) is 205 Å². The Hall–Kier alpha value is -4.54.